The van der Waals surface area contributed by atoms with Gasteiger partial charge in [-0.15, -0.1) is 0 Å². The van der Waals surface area contributed by atoms with Crippen LogP contribution in [0.25, 0.3) is 0 Å². The number of rotatable bonds is 7. The molecule has 1 aromatic rings. The van der Waals surface area contributed by atoms with Crippen molar-refractivity contribution in [3.05, 3.63) is 28.8 Å². The number of hydrogen-bond donors (Lipinski definition) is 1. The largest absolute Gasteiger partial charge is 0.465 e. The van der Waals surface area contributed by atoms with E-state index in [2.05, 4.69) is 28.2 Å². The van der Waals surface area contributed by atoms with Gasteiger partial charge in [0.05, 0.1) is 17.7 Å². The molecule has 8 heteroatoms. The first-order chi connectivity index (χ1) is 12.2. The number of carbonyl (C=O) groups excluding carboxylic acids is 1. The summed E-state index contributed by atoms with van der Waals surface area (Å²) in [6.07, 6.45) is 1.99. The molecule has 1 aromatic carbocycles. The molecular weight excluding hydrogens is 376 g/mol. The highest BCUT2D eigenvalue weighted by Crippen LogP contribution is 2.23. The second kappa shape index (κ2) is 9.17. The van der Waals surface area contributed by atoms with Crippen LogP contribution >= 0.6 is 11.6 Å². The molecule has 6 nitrogen and oxygen atoms in total. The molecule has 1 saturated heterocycles. The lowest BCUT2D eigenvalue weighted by molar-refractivity contribution is 0.0600. The van der Waals surface area contributed by atoms with Crippen LogP contribution in [-0.2, 0) is 14.8 Å². The molecule has 0 spiro atoms. The Balaban J connectivity index is 1.89. The fraction of sp³-hybridized carbons (Fsp3) is 0.611. The molecule has 0 bridgehead atoms. The van der Waals surface area contributed by atoms with Crippen molar-refractivity contribution in [2.75, 3.05) is 33.3 Å². The quantitative estimate of drug-likeness (QED) is 0.560. The Kier molecular flexibility index (Phi) is 7.46. The number of sulfonamides is 1. The van der Waals surface area contributed by atoms with E-state index in [1.807, 2.05) is 0 Å². The van der Waals surface area contributed by atoms with E-state index in [-0.39, 0.29) is 15.5 Å². The van der Waals surface area contributed by atoms with Crippen LogP contribution in [0.15, 0.2) is 23.1 Å². The minimum Gasteiger partial charge on any atom is -0.465 e. The number of piperidine rings is 1. The van der Waals surface area contributed by atoms with Crippen molar-refractivity contribution >= 4 is 27.6 Å². The van der Waals surface area contributed by atoms with Gasteiger partial charge in [-0.2, -0.15) is 0 Å². The fourth-order valence-electron chi connectivity index (χ4n) is 3.53. The lowest BCUT2D eigenvalue weighted by atomic mass is 9.92. The van der Waals surface area contributed by atoms with Gasteiger partial charge >= 0.3 is 5.97 Å². The van der Waals surface area contributed by atoms with Crippen molar-refractivity contribution in [2.24, 2.45) is 11.8 Å². The Bertz CT molecular complexity index is 729. The van der Waals surface area contributed by atoms with Crippen molar-refractivity contribution in [3.63, 3.8) is 0 Å². The highest BCUT2D eigenvalue weighted by atomic mass is 35.5. The number of carbonyl (C=O) groups is 1. The topological polar surface area (TPSA) is 75.7 Å². The van der Waals surface area contributed by atoms with Crippen molar-refractivity contribution in [2.45, 2.75) is 31.6 Å². The standard InChI is InChI=1S/C18H27ClN2O4S/c1-13-9-14(2)12-21(11-13)8-4-7-20-26(23,24)17-6-5-15(10-16(17)19)18(22)25-3/h5-6,10,13-14,20H,4,7-9,11-12H2,1-3H3. The third kappa shape index (κ3) is 5.67. The van der Waals surface area contributed by atoms with Gasteiger partial charge in [0.2, 0.25) is 10.0 Å². The molecule has 1 fully saturated rings. The van der Waals surface area contributed by atoms with Gasteiger partial charge in [0.15, 0.2) is 0 Å². The first kappa shape index (κ1) is 21.2. The van der Waals surface area contributed by atoms with Crippen LogP contribution in [0, 0.1) is 11.8 Å². The molecule has 2 rings (SSSR count). The van der Waals surface area contributed by atoms with E-state index in [0.717, 1.165) is 26.1 Å². The molecule has 0 aliphatic carbocycles. The lowest BCUT2D eigenvalue weighted by Crippen LogP contribution is -2.40. The zero-order chi connectivity index (χ0) is 19.3. The molecule has 2 unspecified atom stereocenters. The number of esters is 1. The van der Waals surface area contributed by atoms with Gasteiger partial charge < -0.3 is 9.64 Å². The van der Waals surface area contributed by atoms with Gasteiger partial charge in [-0.1, -0.05) is 25.4 Å². The number of nitrogens with one attached hydrogen (secondary N) is 1. The Morgan fingerprint density at radius 3 is 2.54 bits per heavy atom. The fourth-order valence-corrected chi connectivity index (χ4v) is 5.14. The summed E-state index contributed by atoms with van der Waals surface area (Å²) in [5.74, 6) is 0.805. The monoisotopic (exact) mass is 402 g/mol. The van der Waals surface area contributed by atoms with E-state index in [4.69, 9.17) is 11.6 Å². The number of methoxy groups -OCH3 is 1. The van der Waals surface area contributed by atoms with Crippen molar-refractivity contribution < 1.29 is 17.9 Å². The SMILES string of the molecule is COC(=O)c1ccc(S(=O)(=O)NCCCN2CC(C)CC(C)C2)c(Cl)c1. The molecular formula is C18H27ClN2O4S. The van der Waals surface area contributed by atoms with E-state index in [0.29, 0.717) is 18.4 Å². The molecule has 26 heavy (non-hydrogen) atoms. The van der Waals surface area contributed by atoms with E-state index < -0.39 is 16.0 Å². The molecule has 0 aromatic heterocycles. The number of halogens is 1. The van der Waals surface area contributed by atoms with E-state index >= 15 is 0 Å². The first-order valence-electron chi connectivity index (χ1n) is 8.83. The second-order valence-corrected chi connectivity index (χ2v) is 9.24. The average molecular weight is 403 g/mol. The molecule has 0 radical (unpaired) electrons. The second-order valence-electron chi connectivity index (χ2n) is 7.09. The van der Waals surface area contributed by atoms with Gasteiger partial charge in [-0.25, -0.2) is 17.9 Å². The third-order valence-electron chi connectivity index (χ3n) is 4.53. The molecule has 1 heterocycles. The van der Waals surface area contributed by atoms with Gasteiger partial charge in [0.1, 0.15) is 4.90 Å². The number of likely N-dealkylation sites (tertiary alicyclic amines) is 1. The van der Waals surface area contributed by atoms with Gasteiger partial charge in [0, 0.05) is 19.6 Å². The third-order valence-corrected chi connectivity index (χ3v) is 6.47. The zero-order valence-electron chi connectivity index (χ0n) is 15.5. The van der Waals surface area contributed by atoms with Gasteiger partial charge in [-0.05, 0) is 49.4 Å². The van der Waals surface area contributed by atoms with E-state index in [1.54, 1.807) is 0 Å². The normalized spacial score (nSPS) is 21.5. The predicted molar refractivity (Wildman–Crippen MR) is 102 cm³/mol. The number of ether oxygens (including phenoxy) is 1. The van der Waals surface area contributed by atoms with Crippen molar-refractivity contribution in [1.29, 1.82) is 0 Å². The molecule has 1 aliphatic rings. The Morgan fingerprint density at radius 2 is 1.96 bits per heavy atom. The predicted octanol–water partition coefficient (Wildman–Crippen LogP) is 2.77. The number of benzene rings is 1. The maximum atomic E-state index is 12.4. The Morgan fingerprint density at radius 1 is 1.31 bits per heavy atom. The van der Waals surface area contributed by atoms with Gasteiger partial charge in [0.25, 0.3) is 0 Å². The summed E-state index contributed by atoms with van der Waals surface area (Å²) in [7, 11) is -2.46. The van der Waals surface area contributed by atoms with Crippen molar-refractivity contribution in [1.82, 2.24) is 9.62 Å². The zero-order valence-corrected chi connectivity index (χ0v) is 17.1. The van der Waals surface area contributed by atoms with Crippen LogP contribution in [-0.4, -0.2) is 52.6 Å². The van der Waals surface area contributed by atoms with E-state index in [1.165, 1.54) is 31.7 Å². The summed E-state index contributed by atoms with van der Waals surface area (Å²) in [6.45, 7) is 7.86. The van der Waals surface area contributed by atoms with Crippen LogP contribution in [0.1, 0.15) is 37.0 Å². The molecule has 2 atom stereocenters. The van der Waals surface area contributed by atoms with E-state index in [9.17, 15) is 13.2 Å². The van der Waals surface area contributed by atoms with Crippen molar-refractivity contribution in [3.8, 4) is 0 Å². The average Bonchev–Trinajstić information content (AvgIpc) is 2.57. The maximum Gasteiger partial charge on any atom is 0.337 e. The number of hydrogen-bond acceptors (Lipinski definition) is 5. The molecule has 0 amide bonds. The Labute approximate surface area is 160 Å². The van der Waals surface area contributed by atoms with Gasteiger partial charge in [-0.3, -0.25) is 0 Å². The summed E-state index contributed by atoms with van der Waals surface area (Å²) < 4.78 is 32.1. The highest BCUT2D eigenvalue weighted by molar-refractivity contribution is 7.89. The summed E-state index contributed by atoms with van der Waals surface area (Å²) >= 11 is 6.05. The maximum absolute atomic E-state index is 12.4. The number of nitrogens with zero attached hydrogens (tertiary/aromatic N) is 1. The summed E-state index contributed by atoms with van der Waals surface area (Å²) in [6, 6.07) is 4.02. The summed E-state index contributed by atoms with van der Waals surface area (Å²) in [5.41, 5.74) is 0.213. The van der Waals surface area contributed by atoms with Crippen LogP contribution in [0.3, 0.4) is 0 Å². The lowest BCUT2D eigenvalue weighted by Gasteiger charge is -2.34. The van der Waals surface area contributed by atoms with Crippen LogP contribution in [0.5, 0.6) is 0 Å². The molecule has 1 aliphatic heterocycles. The Hall–Kier alpha value is -1.15. The van der Waals surface area contributed by atoms with Crippen LogP contribution in [0.2, 0.25) is 5.02 Å². The minimum atomic E-state index is -3.72. The molecule has 0 saturated carbocycles. The first-order valence-corrected chi connectivity index (χ1v) is 10.7. The highest BCUT2D eigenvalue weighted by Gasteiger charge is 2.22. The molecule has 146 valence electrons. The summed E-state index contributed by atoms with van der Waals surface area (Å²) in [4.78, 5) is 13.8. The summed E-state index contributed by atoms with van der Waals surface area (Å²) in [5, 5.41) is -0.000852. The smallest absolute Gasteiger partial charge is 0.337 e. The molecule has 1 N–H and O–H groups in total. The minimum absolute atomic E-state index is 0.000852. The van der Waals surface area contributed by atoms with Crippen LogP contribution < -0.4 is 4.72 Å². The van der Waals surface area contributed by atoms with Crippen LogP contribution in [0.4, 0.5) is 0 Å².